The first kappa shape index (κ1) is 14.2. The van der Waals surface area contributed by atoms with Crippen LogP contribution in [0, 0.1) is 17.8 Å². The number of rotatable bonds is 5. The molecule has 0 aromatic heterocycles. The third-order valence-electron chi connectivity index (χ3n) is 1.54. The van der Waals surface area contributed by atoms with Crippen LogP contribution in [-0.4, -0.2) is 25.2 Å². The zero-order chi connectivity index (χ0) is 12.4. The Balaban J connectivity index is 4.63. The average molecular weight is 224 g/mol. The summed E-state index contributed by atoms with van der Waals surface area (Å²) >= 11 is 0. The van der Waals surface area contributed by atoms with Crippen molar-refractivity contribution in [3.63, 3.8) is 0 Å². The van der Waals surface area contributed by atoms with Gasteiger partial charge in [-0.05, 0) is 13.8 Å². The van der Waals surface area contributed by atoms with Crippen LogP contribution in [0.25, 0.3) is 0 Å². The Morgan fingerprint density at radius 2 is 1.75 bits per heavy atom. The fourth-order valence-corrected chi connectivity index (χ4v) is 0.898. The van der Waals surface area contributed by atoms with Gasteiger partial charge in [0.25, 0.3) is 0 Å². The van der Waals surface area contributed by atoms with Crippen molar-refractivity contribution in [2.75, 3.05) is 13.2 Å². The molecule has 0 aliphatic rings. The Morgan fingerprint density at radius 3 is 2.12 bits per heavy atom. The third-order valence-corrected chi connectivity index (χ3v) is 1.54. The maximum atomic E-state index is 11.4. The van der Waals surface area contributed by atoms with Crippen LogP contribution >= 0.6 is 0 Å². The predicted octanol–water partition coefficient (Wildman–Crippen LogP) is 1.31. The highest BCUT2D eigenvalue weighted by Crippen LogP contribution is 2.02. The molecule has 0 aliphatic carbocycles. The molecule has 0 aliphatic heterocycles. The average Bonchev–Trinajstić information content (AvgIpc) is 2.25. The molecule has 0 spiro atoms. The highest BCUT2D eigenvalue weighted by atomic mass is 16.6. The van der Waals surface area contributed by atoms with E-state index in [0.717, 1.165) is 0 Å². The van der Waals surface area contributed by atoms with E-state index in [1.165, 1.54) is 0 Å². The molecule has 88 valence electrons. The summed E-state index contributed by atoms with van der Waals surface area (Å²) in [5.74, 6) is 2.67. The Hall–Kier alpha value is -1.76. The number of ether oxygens (including phenoxy) is 2. The molecule has 0 N–H and O–H groups in total. The van der Waals surface area contributed by atoms with Gasteiger partial charge < -0.3 is 9.47 Å². The largest absolute Gasteiger partial charge is 0.465 e. The maximum absolute atomic E-state index is 11.4. The van der Waals surface area contributed by atoms with Gasteiger partial charge in [-0.1, -0.05) is 17.9 Å². The van der Waals surface area contributed by atoms with Gasteiger partial charge in [0, 0.05) is 6.42 Å². The highest BCUT2D eigenvalue weighted by molar-refractivity contribution is 5.98. The lowest BCUT2D eigenvalue weighted by atomic mass is 10.1. The summed E-state index contributed by atoms with van der Waals surface area (Å²) in [5, 5.41) is 0. The van der Waals surface area contributed by atoms with Crippen molar-refractivity contribution >= 4 is 11.9 Å². The molecule has 4 nitrogen and oxygen atoms in total. The van der Waals surface area contributed by atoms with E-state index in [9.17, 15) is 9.59 Å². The Morgan fingerprint density at radius 1 is 1.25 bits per heavy atom. The Labute approximate surface area is 95.6 Å². The number of hydrogen-bond acceptors (Lipinski definition) is 4. The molecule has 0 rings (SSSR count). The summed E-state index contributed by atoms with van der Waals surface area (Å²) in [5.41, 5.74) is 0. The van der Waals surface area contributed by atoms with Crippen molar-refractivity contribution < 1.29 is 19.1 Å². The van der Waals surface area contributed by atoms with E-state index in [1.807, 2.05) is 0 Å². The number of esters is 2. The molecule has 0 atom stereocenters. The Bertz CT molecular complexity index is 291. The van der Waals surface area contributed by atoms with E-state index < -0.39 is 17.9 Å². The van der Waals surface area contributed by atoms with E-state index in [-0.39, 0.29) is 13.2 Å². The number of carbonyl (C=O) groups is 2. The first-order valence-electron chi connectivity index (χ1n) is 5.09. The second-order valence-corrected chi connectivity index (χ2v) is 2.75. The van der Waals surface area contributed by atoms with Crippen molar-refractivity contribution in [3.05, 3.63) is 12.7 Å². The van der Waals surface area contributed by atoms with Crippen molar-refractivity contribution in [2.24, 2.45) is 5.92 Å². The molecule has 0 aromatic rings. The van der Waals surface area contributed by atoms with Gasteiger partial charge in [0.2, 0.25) is 5.92 Å². The molecule has 0 heterocycles. The fourth-order valence-electron chi connectivity index (χ4n) is 0.898. The zero-order valence-corrected chi connectivity index (χ0v) is 9.62. The summed E-state index contributed by atoms with van der Waals surface area (Å²) in [6.07, 6.45) is 2.00. The molecule has 0 amide bonds. The van der Waals surface area contributed by atoms with E-state index in [4.69, 9.17) is 9.47 Å². The van der Waals surface area contributed by atoms with E-state index in [2.05, 4.69) is 18.4 Å². The van der Waals surface area contributed by atoms with Gasteiger partial charge in [-0.2, -0.15) is 0 Å². The van der Waals surface area contributed by atoms with Crippen LogP contribution in [0.3, 0.4) is 0 Å². The Kier molecular flexibility index (Phi) is 7.60. The monoisotopic (exact) mass is 224 g/mol. The smallest absolute Gasteiger partial charge is 0.332 e. The molecular formula is C12H16O4. The van der Waals surface area contributed by atoms with Gasteiger partial charge in [0.15, 0.2) is 0 Å². The molecule has 0 unspecified atom stereocenters. The maximum Gasteiger partial charge on any atom is 0.332 e. The van der Waals surface area contributed by atoms with Gasteiger partial charge in [0.05, 0.1) is 13.2 Å². The van der Waals surface area contributed by atoms with Crippen molar-refractivity contribution in [3.8, 4) is 11.8 Å². The van der Waals surface area contributed by atoms with Gasteiger partial charge >= 0.3 is 11.9 Å². The summed E-state index contributed by atoms with van der Waals surface area (Å²) < 4.78 is 9.47. The number of hydrogen-bond donors (Lipinski definition) is 0. The summed E-state index contributed by atoms with van der Waals surface area (Å²) in [6, 6.07) is 0. The SMILES string of the molecule is C=CCC#CC(C(=O)OCC)C(=O)OCC. The lowest BCUT2D eigenvalue weighted by Crippen LogP contribution is -2.26. The standard InChI is InChI=1S/C12H16O4/c1-4-7-8-9-10(11(13)15-5-2)12(14)16-6-3/h4,10H,1,5-7H2,2-3H3. The molecule has 16 heavy (non-hydrogen) atoms. The van der Waals surface area contributed by atoms with Crippen molar-refractivity contribution in [1.82, 2.24) is 0 Å². The van der Waals surface area contributed by atoms with Crippen LogP contribution in [0.15, 0.2) is 12.7 Å². The molecule has 0 fully saturated rings. The van der Waals surface area contributed by atoms with Gasteiger partial charge in [0.1, 0.15) is 0 Å². The normalized spacial score (nSPS) is 8.94. The lowest BCUT2D eigenvalue weighted by molar-refractivity contribution is -0.158. The first-order valence-corrected chi connectivity index (χ1v) is 5.09. The van der Waals surface area contributed by atoms with Gasteiger partial charge in [-0.25, -0.2) is 0 Å². The van der Waals surface area contributed by atoms with E-state index >= 15 is 0 Å². The van der Waals surface area contributed by atoms with Gasteiger partial charge in [-0.3, -0.25) is 9.59 Å². The minimum atomic E-state index is -1.15. The topological polar surface area (TPSA) is 52.6 Å². The first-order chi connectivity index (χ1) is 7.67. The lowest BCUT2D eigenvalue weighted by Gasteiger charge is -2.08. The zero-order valence-electron chi connectivity index (χ0n) is 9.62. The summed E-state index contributed by atoms with van der Waals surface area (Å²) in [4.78, 5) is 22.8. The molecule has 0 aromatic carbocycles. The summed E-state index contributed by atoms with van der Waals surface area (Å²) in [6.45, 7) is 7.23. The predicted molar refractivity (Wildman–Crippen MR) is 59.3 cm³/mol. The van der Waals surface area contributed by atoms with E-state index in [0.29, 0.717) is 6.42 Å². The number of allylic oxidation sites excluding steroid dienone is 1. The van der Waals surface area contributed by atoms with Crippen LogP contribution in [0.1, 0.15) is 20.3 Å². The minimum Gasteiger partial charge on any atom is -0.465 e. The molecule has 0 radical (unpaired) electrons. The van der Waals surface area contributed by atoms with E-state index in [1.54, 1.807) is 19.9 Å². The summed E-state index contributed by atoms with van der Waals surface area (Å²) in [7, 11) is 0. The second kappa shape index (κ2) is 8.54. The van der Waals surface area contributed by atoms with Crippen LogP contribution in [0.5, 0.6) is 0 Å². The molecule has 0 saturated heterocycles. The molecule has 4 heteroatoms. The highest BCUT2D eigenvalue weighted by Gasteiger charge is 2.27. The van der Waals surface area contributed by atoms with Crippen LogP contribution in [0.4, 0.5) is 0 Å². The van der Waals surface area contributed by atoms with Crippen molar-refractivity contribution in [1.29, 1.82) is 0 Å². The minimum absolute atomic E-state index is 0.206. The van der Waals surface area contributed by atoms with Crippen LogP contribution in [0.2, 0.25) is 0 Å². The quantitative estimate of drug-likeness (QED) is 0.306. The third kappa shape index (κ3) is 5.20. The molecule has 0 bridgehead atoms. The van der Waals surface area contributed by atoms with Crippen LogP contribution in [-0.2, 0) is 19.1 Å². The molecular weight excluding hydrogens is 208 g/mol. The molecule has 0 saturated carbocycles. The van der Waals surface area contributed by atoms with Crippen molar-refractivity contribution in [2.45, 2.75) is 20.3 Å². The van der Waals surface area contributed by atoms with Crippen LogP contribution < -0.4 is 0 Å². The fraction of sp³-hybridized carbons (Fsp3) is 0.500. The number of carbonyl (C=O) groups excluding carboxylic acids is 2. The van der Waals surface area contributed by atoms with Gasteiger partial charge in [-0.15, -0.1) is 6.58 Å². The second-order valence-electron chi connectivity index (χ2n) is 2.75.